The number of hydrogen-bond donors (Lipinski definition) is 1. The van der Waals surface area contributed by atoms with E-state index in [0.717, 1.165) is 0 Å². The fraction of sp³-hybridized carbons (Fsp3) is 0.160. The average molecular weight is 483 g/mol. The number of para-hydroxylation sites is 2. The summed E-state index contributed by atoms with van der Waals surface area (Å²) in [5.41, 5.74) is 2.35. The van der Waals surface area contributed by atoms with Gasteiger partial charge < -0.3 is 10.1 Å². The number of anilines is 2. The molecule has 0 spiro atoms. The van der Waals surface area contributed by atoms with Crippen LogP contribution in [-0.4, -0.2) is 27.5 Å². The van der Waals surface area contributed by atoms with Gasteiger partial charge in [-0.2, -0.15) is 0 Å². The molecule has 0 saturated carbocycles. The predicted molar refractivity (Wildman–Crippen MR) is 132 cm³/mol. The van der Waals surface area contributed by atoms with E-state index in [0.29, 0.717) is 45.5 Å². The molecule has 1 amide bonds. The van der Waals surface area contributed by atoms with Crippen LogP contribution in [0.15, 0.2) is 77.7 Å². The summed E-state index contributed by atoms with van der Waals surface area (Å²) in [5.74, 6) is -0.288. The SMILES string of the molecule is CCOc1ccccc1NC(=O)C1=C(c2ccccc2)c2cc(Cl)ccc2N(CC)S1(=O)=O. The molecule has 0 fully saturated rings. The first-order chi connectivity index (χ1) is 15.9. The van der Waals surface area contributed by atoms with Gasteiger partial charge in [0.05, 0.1) is 18.0 Å². The van der Waals surface area contributed by atoms with Gasteiger partial charge in [0.2, 0.25) is 0 Å². The van der Waals surface area contributed by atoms with Gasteiger partial charge >= 0.3 is 0 Å². The number of benzene rings is 3. The smallest absolute Gasteiger partial charge is 0.270 e. The van der Waals surface area contributed by atoms with Gasteiger partial charge in [0.15, 0.2) is 4.91 Å². The zero-order valence-electron chi connectivity index (χ0n) is 18.2. The Balaban J connectivity index is 1.98. The molecule has 4 rings (SSSR count). The summed E-state index contributed by atoms with van der Waals surface area (Å²) >= 11 is 6.30. The number of fused-ring (bicyclic) bond motifs is 1. The molecule has 1 aliphatic rings. The zero-order chi connectivity index (χ0) is 23.6. The van der Waals surface area contributed by atoms with Crippen LogP contribution in [0.2, 0.25) is 5.02 Å². The van der Waals surface area contributed by atoms with Crippen LogP contribution in [0.5, 0.6) is 5.75 Å². The molecule has 3 aromatic rings. The largest absolute Gasteiger partial charge is 0.492 e. The maximum absolute atomic E-state index is 13.8. The van der Waals surface area contributed by atoms with Gasteiger partial charge in [-0.1, -0.05) is 54.1 Å². The van der Waals surface area contributed by atoms with Crippen molar-refractivity contribution in [1.29, 1.82) is 0 Å². The van der Waals surface area contributed by atoms with Crippen molar-refractivity contribution < 1.29 is 17.9 Å². The Kier molecular flexibility index (Phi) is 6.44. The fourth-order valence-corrected chi connectivity index (χ4v) is 5.83. The highest BCUT2D eigenvalue weighted by Gasteiger charge is 2.41. The lowest BCUT2D eigenvalue weighted by molar-refractivity contribution is -0.112. The Morgan fingerprint density at radius 3 is 2.39 bits per heavy atom. The number of carbonyl (C=O) groups excluding carboxylic acids is 1. The maximum atomic E-state index is 13.8. The van der Waals surface area contributed by atoms with E-state index in [4.69, 9.17) is 16.3 Å². The number of nitrogens with one attached hydrogen (secondary N) is 1. The number of hydrogen-bond acceptors (Lipinski definition) is 4. The Morgan fingerprint density at radius 2 is 1.70 bits per heavy atom. The number of sulfonamides is 1. The first-order valence-electron chi connectivity index (χ1n) is 10.5. The standard InChI is InChI=1S/C25H23ClN2O4S/c1-3-28-21-15-14-18(26)16-19(21)23(17-10-6-5-7-11-17)24(33(28,30)31)25(29)27-20-12-8-9-13-22(20)32-4-2/h5-16H,3-4H2,1-2H3,(H,27,29). The Morgan fingerprint density at radius 1 is 1.00 bits per heavy atom. The highest BCUT2D eigenvalue weighted by atomic mass is 35.5. The topological polar surface area (TPSA) is 75.7 Å². The molecule has 6 nitrogen and oxygen atoms in total. The molecule has 0 aromatic heterocycles. The van der Waals surface area contributed by atoms with Gasteiger partial charge in [0.1, 0.15) is 5.75 Å². The lowest BCUT2D eigenvalue weighted by atomic mass is 9.95. The van der Waals surface area contributed by atoms with Crippen LogP contribution in [-0.2, 0) is 14.8 Å². The number of ether oxygens (including phenoxy) is 1. The summed E-state index contributed by atoms with van der Waals surface area (Å²) in [6, 6.07) is 20.9. The normalized spacial score (nSPS) is 14.6. The molecule has 0 radical (unpaired) electrons. The molecule has 1 N–H and O–H groups in total. The molecule has 33 heavy (non-hydrogen) atoms. The Hall–Kier alpha value is -3.29. The van der Waals surface area contributed by atoms with Crippen LogP contribution in [0.1, 0.15) is 25.0 Å². The molecule has 1 heterocycles. The van der Waals surface area contributed by atoms with Crippen molar-refractivity contribution in [3.63, 3.8) is 0 Å². The Bertz CT molecular complexity index is 1340. The molecule has 8 heteroatoms. The summed E-state index contributed by atoms with van der Waals surface area (Å²) in [7, 11) is -4.17. The van der Waals surface area contributed by atoms with Crippen LogP contribution < -0.4 is 14.4 Å². The van der Waals surface area contributed by atoms with Crippen molar-refractivity contribution >= 4 is 44.5 Å². The van der Waals surface area contributed by atoms with Crippen LogP contribution in [0.4, 0.5) is 11.4 Å². The second kappa shape index (κ2) is 9.29. The summed E-state index contributed by atoms with van der Waals surface area (Å²) < 4.78 is 34.3. The van der Waals surface area contributed by atoms with E-state index < -0.39 is 15.9 Å². The lowest BCUT2D eigenvalue weighted by Crippen LogP contribution is -2.39. The predicted octanol–water partition coefficient (Wildman–Crippen LogP) is 5.31. The fourth-order valence-electron chi connectivity index (χ4n) is 3.91. The number of halogens is 1. The van der Waals surface area contributed by atoms with Gasteiger partial charge in [0, 0.05) is 22.7 Å². The van der Waals surface area contributed by atoms with Gasteiger partial charge in [-0.25, -0.2) is 8.42 Å². The minimum atomic E-state index is -4.17. The van der Waals surface area contributed by atoms with Crippen LogP contribution >= 0.6 is 11.6 Å². The van der Waals surface area contributed by atoms with Gasteiger partial charge in [-0.15, -0.1) is 0 Å². The number of amides is 1. The maximum Gasteiger partial charge on any atom is 0.270 e. The monoisotopic (exact) mass is 482 g/mol. The third-order valence-corrected chi connectivity index (χ3v) is 7.44. The molecule has 0 atom stereocenters. The van der Waals surface area contributed by atoms with E-state index in [1.54, 1.807) is 73.7 Å². The van der Waals surface area contributed by atoms with Crippen LogP contribution in [0, 0.1) is 0 Å². The van der Waals surface area contributed by atoms with Crippen molar-refractivity contribution in [2.75, 3.05) is 22.8 Å². The zero-order valence-corrected chi connectivity index (χ0v) is 19.8. The van der Waals surface area contributed by atoms with E-state index in [-0.39, 0.29) is 11.4 Å². The quantitative estimate of drug-likeness (QED) is 0.516. The first-order valence-corrected chi connectivity index (χ1v) is 12.4. The minimum absolute atomic E-state index is 0.158. The molecule has 0 bridgehead atoms. The van der Waals surface area contributed by atoms with E-state index >= 15 is 0 Å². The Labute approximate surface area is 198 Å². The van der Waals surface area contributed by atoms with Crippen molar-refractivity contribution in [3.05, 3.63) is 93.9 Å². The van der Waals surface area contributed by atoms with Gasteiger partial charge in [0.25, 0.3) is 15.9 Å². The summed E-state index contributed by atoms with van der Waals surface area (Å²) in [4.78, 5) is 13.3. The summed E-state index contributed by atoms with van der Waals surface area (Å²) in [5, 5.41) is 3.19. The number of carbonyl (C=O) groups is 1. The lowest BCUT2D eigenvalue weighted by Gasteiger charge is -2.33. The number of nitrogens with zero attached hydrogens (tertiary/aromatic N) is 1. The molecular formula is C25H23ClN2O4S. The summed E-state index contributed by atoms with van der Waals surface area (Å²) in [6.45, 7) is 4.12. The minimum Gasteiger partial charge on any atom is -0.492 e. The van der Waals surface area contributed by atoms with Crippen LogP contribution in [0.25, 0.3) is 5.57 Å². The molecule has 0 aliphatic carbocycles. The molecular weight excluding hydrogens is 460 g/mol. The highest BCUT2D eigenvalue weighted by molar-refractivity contribution is 7.97. The van der Waals surface area contributed by atoms with Gasteiger partial charge in [-0.3, -0.25) is 9.10 Å². The molecule has 170 valence electrons. The second-order valence-corrected chi connectivity index (χ2v) is 9.52. The third-order valence-electron chi connectivity index (χ3n) is 5.26. The number of rotatable bonds is 6. The van der Waals surface area contributed by atoms with E-state index in [2.05, 4.69) is 5.32 Å². The second-order valence-electron chi connectivity index (χ2n) is 7.28. The van der Waals surface area contributed by atoms with Crippen LogP contribution in [0.3, 0.4) is 0 Å². The van der Waals surface area contributed by atoms with Crippen molar-refractivity contribution in [3.8, 4) is 5.75 Å². The van der Waals surface area contributed by atoms with Crippen molar-refractivity contribution in [2.45, 2.75) is 13.8 Å². The third kappa shape index (κ3) is 4.21. The van der Waals surface area contributed by atoms with Gasteiger partial charge in [-0.05, 0) is 49.7 Å². The molecule has 1 aliphatic heterocycles. The highest BCUT2D eigenvalue weighted by Crippen LogP contribution is 2.44. The first kappa shape index (κ1) is 22.9. The molecule has 0 saturated heterocycles. The molecule has 3 aromatic carbocycles. The summed E-state index contributed by atoms with van der Waals surface area (Å²) in [6.07, 6.45) is 0. The van der Waals surface area contributed by atoms with Crippen molar-refractivity contribution in [2.24, 2.45) is 0 Å². The average Bonchev–Trinajstić information content (AvgIpc) is 2.80. The van der Waals surface area contributed by atoms with E-state index in [9.17, 15) is 13.2 Å². The van der Waals surface area contributed by atoms with Crippen molar-refractivity contribution in [1.82, 2.24) is 0 Å². The van der Waals surface area contributed by atoms with E-state index in [1.165, 1.54) is 4.31 Å². The molecule has 0 unspecified atom stereocenters. The van der Waals surface area contributed by atoms with E-state index in [1.807, 2.05) is 13.0 Å².